The molecule has 0 saturated heterocycles. The van der Waals surface area contributed by atoms with Crippen LogP contribution in [-0.2, 0) is 30.4 Å². The van der Waals surface area contributed by atoms with Gasteiger partial charge in [-0.2, -0.15) is 0 Å². The number of guanidine groups is 1. The summed E-state index contributed by atoms with van der Waals surface area (Å²) in [5.74, 6) is -4.78. The molecule has 1 aromatic rings. The van der Waals surface area contributed by atoms with E-state index in [1.807, 2.05) is 0 Å². The molecular formula is C25H40N8O7. The van der Waals surface area contributed by atoms with Crippen LogP contribution >= 0.6 is 0 Å². The van der Waals surface area contributed by atoms with Crippen LogP contribution in [0.25, 0.3) is 0 Å². The number of rotatable bonds is 17. The van der Waals surface area contributed by atoms with Gasteiger partial charge in [0.05, 0.1) is 6.04 Å². The summed E-state index contributed by atoms with van der Waals surface area (Å²) in [5, 5.41) is 26.3. The molecule has 0 heterocycles. The number of amides is 4. The van der Waals surface area contributed by atoms with Gasteiger partial charge in [0.1, 0.15) is 23.9 Å². The zero-order valence-corrected chi connectivity index (χ0v) is 22.6. The quantitative estimate of drug-likeness (QED) is 0.0558. The number of hydrogen-bond donors (Lipinski definition) is 9. The molecule has 0 bridgehead atoms. The van der Waals surface area contributed by atoms with E-state index in [9.17, 15) is 34.2 Å². The van der Waals surface area contributed by atoms with Crippen molar-refractivity contribution in [1.82, 2.24) is 16.0 Å². The SMILES string of the molecule is CC(C)C(NC(=O)C(CCCN=C(N)N)NC(=O)C(CCC(N)=O)NC(=O)C(N)Cc1ccc(O)cc1)C(=O)O. The first-order valence-electron chi connectivity index (χ1n) is 12.7. The van der Waals surface area contributed by atoms with Crippen LogP contribution in [-0.4, -0.2) is 76.5 Å². The number of aliphatic carboxylic acids is 1. The zero-order chi connectivity index (χ0) is 30.4. The summed E-state index contributed by atoms with van der Waals surface area (Å²) in [6, 6.07) is 1.29. The number of phenols is 1. The topological polar surface area (TPSA) is 278 Å². The molecule has 0 saturated carbocycles. The van der Waals surface area contributed by atoms with Crippen LogP contribution in [0.3, 0.4) is 0 Å². The summed E-state index contributed by atoms with van der Waals surface area (Å²) < 4.78 is 0. The maximum absolute atomic E-state index is 13.2. The number of phenolic OH excluding ortho intramolecular Hbond substituents is 1. The van der Waals surface area contributed by atoms with Crippen LogP contribution in [0.4, 0.5) is 0 Å². The predicted octanol–water partition coefficient (Wildman–Crippen LogP) is -2.22. The van der Waals surface area contributed by atoms with Crippen molar-refractivity contribution in [3.05, 3.63) is 29.8 Å². The third kappa shape index (κ3) is 12.4. The average Bonchev–Trinajstić information content (AvgIpc) is 2.86. The number of carboxylic acid groups (broad SMARTS) is 1. The van der Waals surface area contributed by atoms with Gasteiger partial charge >= 0.3 is 5.97 Å². The predicted molar refractivity (Wildman–Crippen MR) is 146 cm³/mol. The van der Waals surface area contributed by atoms with Gasteiger partial charge in [-0.05, 0) is 49.3 Å². The number of nitrogens with zero attached hydrogens (tertiary/aromatic N) is 1. The van der Waals surface area contributed by atoms with Crippen molar-refractivity contribution < 1.29 is 34.2 Å². The third-order valence-corrected chi connectivity index (χ3v) is 5.85. The summed E-state index contributed by atoms with van der Waals surface area (Å²) in [5.41, 5.74) is 22.5. The molecule has 1 aromatic carbocycles. The van der Waals surface area contributed by atoms with Crippen LogP contribution in [0.15, 0.2) is 29.3 Å². The third-order valence-electron chi connectivity index (χ3n) is 5.85. The minimum absolute atomic E-state index is 0.0373. The van der Waals surface area contributed by atoms with Crippen molar-refractivity contribution in [3.63, 3.8) is 0 Å². The first kappa shape index (κ1) is 33.6. The maximum Gasteiger partial charge on any atom is 0.326 e. The standard InChI is InChI=1S/C25H40N8O7/c1-13(2)20(24(39)40)33-23(38)17(4-3-11-30-25(28)29)32-22(37)18(9-10-19(27)35)31-21(36)16(26)12-14-5-7-15(34)8-6-14/h5-8,13,16-18,20,34H,3-4,9-12,26H2,1-2H3,(H2,27,35)(H,31,36)(H,32,37)(H,33,38)(H,39,40)(H4,28,29,30). The lowest BCUT2D eigenvalue weighted by molar-refractivity contribution is -0.143. The van der Waals surface area contributed by atoms with Crippen LogP contribution in [0.1, 0.15) is 45.1 Å². The molecule has 0 aromatic heterocycles. The molecule has 0 radical (unpaired) electrons. The van der Waals surface area contributed by atoms with Crippen molar-refractivity contribution in [2.24, 2.45) is 33.8 Å². The van der Waals surface area contributed by atoms with Gasteiger partial charge in [-0.3, -0.25) is 24.2 Å². The summed E-state index contributed by atoms with van der Waals surface area (Å²) in [6.07, 6.45) is -0.0364. The van der Waals surface area contributed by atoms with E-state index in [4.69, 9.17) is 22.9 Å². The first-order chi connectivity index (χ1) is 18.7. The lowest BCUT2D eigenvalue weighted by atomic mass is 10.0. The molecule has 0 aliphatic heterocycles. The highest BCUT2D eigenvalue weighted by atomic mass is 16.4. The van der Waals surface area contributed by atoms with Crippen LogP contribution in [0.5, 0.6) is 5.75 Å². The molecule has 40 heavy (non-hydrogen) atoms. The highest BCUT2D eigenvalue weighted by Gasteiger charge is 2.31. The van der Waals surface area contributed by atoms with Gasteiger partial charge < -0.3 is 49.1 Å². The second-order valence-electron chi connectivity index (χ2n) is 9.62. The molecule has 15 heteroatoms. The smallest absolute Gasteiger partial charge is 0.326 e. The van der Waals surface area contributed by atoms with Gasteiger partial charge in [-0.15, -0.1) is 0 Å². The Bertz CT molecular complexity index is 1060. The number of aromatic hydroxyl groups is 1. The van der Waals surface area contributed by atoms with E-state index in [1.54, 1.807) is 26.0 Å². The summed E-state index contributed by atoms with van der Waals surface area (Å²) in [4.78, 5) is 65.8. The van der Waals surface area contributed by atoms with Crippen molar-refractivity contribution in [3.8, 4) is 5.75 Å². The maximum atomic E-state index is 13.2. The van der Waals surface area contributed by atoms with Crippen LogP contribution in [0, 0.1) is 5.92 Å². The fraction of sp³-hybridized carbons (Fsp3) is 0.520. The van der Waals surface area contributed by atoms with E-state index >= 15 is 0 Å². The molecule has 13 N–H and O–H groups in total. The van der Waals surface area contributed by atoms with Gasteiger partial charge in [0, 0.05) is 13.0 Å². The number of hydrogen-bond acceptors (Lipinski definition) is 8. The summed E-state index contributed by atoms with van der Waals surface area (Å²) in [7, 11) is 0. The molecule has 0 aliphatic carbocycles. The molecule has 15 nitrogen and oxygen atoms in total. The van der Waals surface area contributed by atoms with Crippen molar-refractivity contribution in [2.45, 2.75) is 70.1 Å². The summed E-state index contributed by atoms with van der Waals surface area (Å²) >= 11 is 0. The molecule has 222 valence electrons. The van der Waals surface area contributed by atoms with Crippen LogP contribution in [0.2, 0.25) is 0 Å². The second kappa shape index (κ2) is 16.5. The van der Waals surface area contributed by atoms with Crippen LogP contribution < -0.4 is 38.9 Å². The van der Waals surface area contributed by atoms with Gasteiger partial charge in [0.2, 0.25) is 23.6 Å². The number of nitrogens with one attached hydrogen (secondary N) is 3. The fourth-order valence-corrected chi connectivity index (χ4v) is 3.62. The van der Waals surface area contributed by atoms with Gasteiger partial charge in [0.15, 0.2) is 5.96 Å². The number of benzene rings is 1. The second-order valence-corrected chi connectivity index (χ2v) is 9.62. The molecule has 4 amide bonds. The number of nitrogens with two attached hydrogens (primary N) is 4. The average molecular weight is 565 g/mol. The minimum atomic E-state index is -1.28. The van der Waals surface area contributed by atoms with Gasteiger partial charge in [0.25, 0.3) is 0 Å². The first-order valence-corrected chi connectivity index (χ1v) is 12.7. The Morgan fingerprint density at radius 3 is 1.95 bits per heavy atom. The van der Waals surface area contributed by atoms with E-state index < -0.39 is 59.7 Å². The Balaban J connectivity index is 3.06. The van der Waals surface area contributed by atoms with Crippen molar-refractivity contribution >= 4 is 35.6 Å². The van der Waals surface area contributed by atoms with E-state index in [0.29, 0.717) is 5.56 Å². The highest BCUT2D eigenvalue weighted by molar-refractivity contribution is 5.94. The molecule has 0 spiro atoms. The minimum Gasteiger partial charge on any atom is -0.508 e. The molecule has 0 aliphatic rings. The van der Waals surface area contributed by atoms with Gasteiger partial charge in [-0.1, -0.05) is 26.0 Å². The number of carbonyl (C=O) groups is 5. The molecule has 4 atom stereocenters. The van der Waals surface area contributed by atoms with E-state index in [0.717, 1.165) is 0 Å². The largest absolute Gasteiger partial charge is 0.508 e. The monoisotopic (exact) mass is 564 g/mol. The number of primary amides is 1. The summed E-state index contributed by atoms with van der Waals surface area (Å²) in [6.45, 7) is 3.37. The molecular weight excluding hydrogens is 524 g/mol. The van der Waals surface area contributed by atoms with Crippen molar-refractivity contribution in [2.75, 3.05) is 6.54 Å². The Kier molecular flexibility index (Phi) is 13.9. The number of aliphatic imine (C=N–C) groups is 1. The number of carboxylic acids is 1. The molecule has 0 fully saturated rings. The van der Waals surface area contributed by atoms with E-state index in [-0.39, 0.29) is 50.4 Å². The Morgan fingerprint density at radius 2 is 1.43 bits per heavy atom. The Hall–Kier alpha value is -4.40. The Labute approximate surface area is 232 Å². The lowest BCUT2D eigenvalue weighted by Crippen LogP contribution is -2.57. The van der Waals surface area contributed by atoms with Crippen molar-refractivity contribution in [1.29, 1.82) is 0 Å². The van der Waals surface area contributed by atoms with E-state index in [1.165, 1.54) is 12.1 Å². The fourth-order valence-electron chi connectivity index (χ4n) is 3.62. The zero-order valence-electron chi connectivity index (χ0n) is 22.6. The normalized spacial score (nSPS) is 13.8. The highest BCUT2D eigenvalue weighted by Crippen LogP contribution is 2.11. The van der Waals surface area contributed by atoms with Gasteiger partial charge in [-0.25, -0.2) is 4.79 Å². The molecule has 1 rings (SSSR count). The molecule has 4 unspecified atom stereocenters. The lowest BCUT2D eigenvalue weighted by Gasteiger charge is -2.26. The Morgan fingerprint density at radius 1 is 0.875 bits per heavy atom. The number of carbonyl (C=O) groups excluding carboxylic acids is 4. The van der Waals surface area contributed by atoms with E-state index in [2.05, 4.69) is 20.9 Å².